The molecule has 0 saturated carbocycles. The van der Waals surface area contributed by atoms with E-state index in [1.165, 1.54) is 29.2 Å². The molecular weight excluding hydrogens is 942 g/mol. The summed E-state index contributed by atoms with van der Waals surface area (Å²) in [6.45, 7) is 0. The quantitative estimate of drug-likeness (QED) is 0.107. The number of halogens is 1. The molecule has 0 bridgehead atoms. The van der Waals surface area contributed by atoms with Crippen LogP contribution in [0.5, 0.6) is 34.5 Å². The second-order valence-corrected chi connectivity index (χ2v) is 15.0. The molecule has 0 fully saturated rings. The number of hydrogen-bond acceptors (Lipinski definition) is 15. The van der Waals surface area contributed by atoms with Gasteiger partial charge in [0.2, 0.25) is 22.2 Å². The standard InChI is InChI=1S/C41H22IN7O8S3/c1-52-29-14-15-43-32-34(29)55-40(58)48(36(32)50)38-45-25-12-10-23(17-28(25)46-38)54-22-9-5-6-20(16-22)27-19-30(57-42)35-33(44-27)37(51)49(41(59)56-35)39-47-26-13-11-24(18-31(26)60-39)53-21-7-3-2-4-8-21/h2-19H,1H3,(H,45,46). The third-order valence-electron chi connectivity index (χ3n) is 9.20. The summed E-state index contributed by atoms with van der Waals surface area (Å²) >= 11 is 14.0. The van der Waals surface area contributed by atoms with Gasteiger partial charge in [0.1, 0.15) is 23.0 Å². The van der Waals surface area contributed by atoms with Gasteiger partial charge in [-0.3, -0.25) is 9.59 Å². The van der Waals surface area contributed by atoms with E-state index < -0.39 is 11.1 Å². The molecule has 0 saturated heterocycles. The lowest BCUT2D eigenvalue weighted by molar-refractivity contribution is 0.404. The van der Waals surface area contributed by atoms with Crippen molar-refractivity contribution in [2.75, 3.05) is 7.11 Å². The summed E-state index contributed by atoms with van der Waals surface area (Å²) in [5.41, 5.74) is 1.99. The maximum Gasteiger partial charge on any atom is 0.290 e. The van der Waals surface area contributed by atoms with Crippen LogP contribution in [0, 0.1) is 9.67 Å². The van der Waals surface area contributed by atoms with E-state index in [2.05, 4.69) is 19.9 Å². The van der Waals surface area contributed by atoms with Crippen molar-refractivity contribution >= 4 is 102 Å². The zero-order valence-electron chi connectivity index (χ0n) is 30.4. The lowest BCUT2D eigenvalue weighted by atomic mass is 10.1. The molecule has 0 spiro atoms. The number of fused-ring (bicyclic) bond motifs is 4. The molecule has 0 aliphatic carbocycles. The first kappa shape index (κ1) is 37.5. The van der Waals surface area contributed by atoms with Crippen molar-refractivity contribution in [1.82, 2.24) is 34.1 Å². The Hall–Kier alpha value is -6.81. The Morgan fingerprint density at radius 2 is 1.42 bits per heavy atom. The van der Waals surface area contributed by atoms with E-state index in [4.69, 9.17) is 55.5 Å². The molecule has 0 aliphatic rings. The SMILES string of the molecule is COc1ccnc2c(=O)n(-c3nc4cc(Oc5cccc(-c6cc(OI)c7oc(=S)n(-c8nc9ccc(Oc%10ccccc%10)cc9s8)c(=O)c7n6)c5)ccc4[nH]3)c(=S)oc12. The van der Waals surface area contributed by atoms with Crippen LogP contribution in [0.2, 0.25) is 0 Å². The Morgan fingerprint density at radius 1 is 0.700 bits per heavy atom. The lowest BCUT2D eigenvalue weighted by Crippen LogP contribution is -2.21. The molecule has 0 atom stereocenters. The Kier molecular flexibility index (Phi) is 9.42. The van der Waals surface area contributed by atoms with Crippen LogP contribution in [0.15, 0.2) is 128 Å². The average molecular weight is 964 g/mol. The third kappa shape index (κ3) is 6.66. The Labute approximate surface area is 363 Å². The zero-order valence-corrected chi connectivity index (χ0v) is 35.1. The van der Waals surface area contributed by atoms with E-state index in [1.54, 1.807) is 71.5 Å². The fraction of sp³-hybridized carbons (Fsp3) is 0.0244. The van der Waals surface area contributed by atoms with Crippen molar-refractivity contribution in [3.63, 3.8) is 0 Å². The molecule has 60 heavy (non-hydrogen) atoms. The van der Waals surface area contributed by atoms with Crippen molar-refractivity contribution in [2.45, 2.75) is 0 Å². The van der Waals surface area contributed by atoms with Crippen LogP contribution in [0.1, 0.15) is 0 Å². The summed E-state index contributed by atoms with van der Waals surface area (Å²) in [6, 6.07) is 30.5. The fourth-order valence-electron chi connectivity index (χ4n) is 6.47. The molecule has 10 aromatic rings. The highest BCUT2D eigenvalue weighted by Gasteiger charge is 2.21. The third-order valence-corrected chi connectivity index (χ3v) is 11.2. The van der Waals surface area contributed by atoms with Gasteiger partial charge in [0.05, 0.1) is 34.1 Å². The first-order valence-corrected chi connectivity index (χ1v) is 20.2. The normalized spacial score (nSPS) is 11.4. The number of rotatable bonds is 9. The van der Waals surface area contributed by atoms with Gasteiger partial charge in [0.25, 0.3) is 20.8 Å². The average Bonchev–Trinajstić information content (AvgIpc) is 3.87. The van der Waals surface area contributed by atoms with Gasteiger partial charge < -0.3 is 31.1 Å². The summed E-state index contributed by atoms with van der Waals surface area (Å²) < 4.78 is 38.1. The van der Waals surface area contributed by atoms with Gasteiger partial charge in [-0.1, -0.05) is 41.7 Å². The van der Waals surface area contributed by atoms with Crippen molar-refractivity contribution < 1.29 is 26.1 Å². The van der Waals surface area contributed by atoms with Crippen molar-refractivity contribution in [2.24, 2.45) is 0 Å². The van der Waals surface area contributed by atoms with E-state index in [9.17, 15) is 9.59 Å². The van der Waals surface area contributed by atoms with Crippen LogP contribution in [0.25, 0.3) is 65.8 Å². The monoisotopic (exact) mass is 963 g/mol. The topological polar surface area (TPSA) is 175 Å². The fourth-order valence-corrected chi connectivity index (χ4v) is 8.35. The van der Waals surface area contributed by atoms with Gasteiger partial charge in [0.15, 0.2) is 45.5 Å². The lowest BCUT2D eigenvalue weighted by Gasteiger charge is -2.10. The van der Waals surface area contributed by atoms with Crippen LogP contribution in [-0.4, -0.2) is 41.2 Å². The van der Waals surface area contributed by atoms with Crippen LogP contribution < -0.4 is 28.4 Å². The van der Waals surface area contributed by atoms with Gasteiger partial charge in [-0.15, -0.1) is 0 Å². The second-order valence-electron chi connectivity index (χ2n) is 12.9. The summed E-state index contributed by atoms with van der Waals surface area (Å²) in [6.07, 6.45) is 1.45. The summed E-state index contributed by atoms with van der Waals surface area (Å²) in [4.78, 5) is 48.7. The highest BCUT2D eigenvalue weighted by atomic mass is 127. The maximum atomic E-state index is 14.2. The smallest absolute Gasteiger partial charge is 0.290 e. The highest BCUT2D eigenvalue weighted by molar-refractivity contribution is 14.1. The van der Waals surface area contributed by atoms with Gasteiger partial charge in [-0.2, -0.15) is 0 Å². The molecule has 6 heterocycles. The molecule has 10 rings (SSSR count). The number of H-pyrrole nitrogens is 1. The number of nitrogens with zero attached hydrogens (tertiary/aromatic N) is 6. The number of hydrogen-bond donors (Lipinski definition) is 1. The molecule has 4 aromatic carbocycles. The first-order chi connectivity index (χ1) is 29.2. The molecule has 294 valence electrons. The van der Waals surface area contributed by atoms with Gasteiger partial charge >= 0.3 is 0 Å². The molecular formula is C41H22IN7O8S3. The summed E-state index contributed by atoms with van der Waals surface area (Å²) in [7, 11) is 1.46. The van der Waals surface area contributed by atoms with Crippen molar-refractivity contribution in [3.05, 3.63) is 140 Å². The van der Waals surface area contributed by atoms with Crippen molar-refractivity contribution in [3.8, 4) is 56.8 Å². The Balaban J connectivity index is 0.968. The van der Waals surface area contributed by atoms with E-state index in [0.717, 1.165) is 9.27 Å². The van der Waals surface area contributed by atoms with E-state index >= 15 is 0 Å². The highest BCUT2D eigenvalue weighted by Crippen LogP contribution is 2.35. The number of aromatic nitrogens is 7. The van der Waals surface area contributed by atoms with E-state index in [-0.39, 0.29) is 43.6 Å². The Bertz CT molecular complexity index is 3600. The van der Waals surface area contributed by atoms with Crippen LogP contribution in [-0.2, 0) is 0 Å². The van der Waals surface area contributed by atoms with Crippen LogP contribution >= 0.6 is 58.8 Å². The second kappa shape index (κ2) is 15.1. The molecule has 0 amide bonds. The van der Waals surface area contributed by atoms with Gasteiger partial charge in [-0.25, -0.2) is 29.1 Å². The number of nitrogens with one attached hydrogen (secondary N) is 1. The van der Waals surface area contributed by atoms with Gasteiger partial charge in [0, 0.05) is 36.0 Å². The van der Waals surface area contributed by atoms with Crippen LogP contribution in [0.4, 0.5) is 0 Å². The van der Waals surface area contributed by atoms with Crippen LogP contribution in [0.3, 0.4) is 0 Å². The minimum absolute atomic E-state index is 0.0123. The molecule has 6 aromatic heterocycles. The molecule has 0 unspecified atom stereocenters. The minimum Gasteiger partial charge on any atom is -0.493 e. The number of pyridine rings is 2. The first-order valence-electron chi connectivity index (χ1n) is 17.7. The molecule has 1 N–H and O–H groups in total. The molecule has 15 nitrogen and oxygen atoms in total. The Morgan fingerprint density at radius 3 is 2.23 bits per heavy atom. The molecule has 19 heteroatoms. The number of imidazole rings is 1. The predicted molar refractivity (Wildman–Crippen MR) is 237 cm³/mol. The number of aromatic amines is 1. The molecule has 0 radical (unpaired) electrons. The number of ether oxygens (including phenoxy) is 3. The number of benzene rings is 4. The molecule has 0 aliphatic heterocycles. The maximum absolute atomic E-state index is 14.2. The van der Waals surface area contributed by atoms with E-state index in [1.807, 2.05) is 54.6 Å². The minimum atomic E-state index is -0.532. The zero-order chi connectivity index (χ0) is 41.1. The van der Waals surface area contributed by atoms with E-state index in [0.29, 0.717) is 61.7 Å². The van der Waals surface area contributed by atoms with Gasteiger partial charge in [-0.05, 0) is 73.0 Å². The number of thiazole rings is 1. The van der Waals surface area contributed by atoms with Crippen molar-refractivity contribution in [1.29, 1.82) is 0 Å². The number of para-hydroxylation sites is 1. The largest absolute Gasteiger partial charge is 0.493 e. The number of methoxy groups -OCH3 is 1. The summed E-state index contributed by atoms with van der Waals surface area (Å²) in [5, 5.41) is 0.310. The predicted octanol–water partition coefficient (Wildman–Crippen LogP) is 10.2. The summed E-state index contributed by atoms with van der Waals surface area (Å²) in [5.74, 6) is 2.95.